The van der Waals surface area contributed by atoms with Gasteiger partial charge >= 0.3 is 0 Å². The van der Waals surface area contributed by atoms with E-state index in [0.717, 1.165) is 24.0 Å². The van der Waals surface area contributed by atoms with E-state index < -0.39 is 10.0 Å². The summed E-state index contributed by atoms with van der Waals surface area (Å²) in [6.45, 7) is 1.46. The molecule has 1 aliphatic rings. The lowest BCUT2D eigenvalue weighted by atomic mass is 10.1. The molecule has 1 amide bonds. The van der Waals surface area contributed by atoms with Crippen LogP contribution in [-0.2, 0) is 23.1 Å². The van der Waals surface area contributed by atoms with Gasteiger partial charge in [-0.25, -0.2) is 13.1 Å². The average Bonchev–Trinajstić information content (AvgIpc) is 3.46. The molecule has 0 aliphatic heterocycles. The summed E-state index contributed by atoms with van der Waals surface area (Å²) in [6.07, 6.45) is 5.76. The number of amides is 1. The maximum atomic E-state index is 12.6. The molecule has 3 aromatic rings. The molecule has 1 aliphatic carbocycles. The van der Waals surface area contributed by atoms with E-state index in [1.54, 1.807) is 18.3 Å². The van der Waals surface area contributed by atoms with Crippen LogP contribution in [0.3, 0.4) is 0 Å². The Morgan fingerprint density at radius 3 is 2.63 bits per heavy atom. The van der Waals surface area contributed by atoms with Gasteiger partial charge in [-0.05, 0) is 54.2 Å². The molecule has 0 atom stereocenters. The highest BCUT2D eigenvalue weighted by molar-refractivity contribution is 7.89. The number of carbonyl (C=O) groups is 1. The van der Waals surface area contributed by atoms with Crippen LogP contribution in [0.4, 0.5) is 0 Å². The van der Waals surface area contributed by atoms with Gasteiger partial charge in [0.2, 0.25) is 10.0 Å². The highest BCUT2D eigenvalue weighted by Gasteiger charge is 2.24. The number of hydrogen-bond donors (Lipinski definition) is 2. The number of nitrogens with one attached hydrogen (secondary N) is 2. The van der Waals surface area contributed by atoms with E-state index in [9.17, 15) is 13.2 Å². The quantitative estimate of drug-likeness (QED) is 0.552. The van der Waals surface area contributed by atoms with Gasteiger partial charge in [-0.2, -0.15) is 5.10 Å². The number of aromatic nitrogens is 2. The summed E-state index contributed by atoms with van der Waals surface area (Å²) in [7, 11) is -3.61. The molecule has 7 nitrogen and oxygen atoms in total. The van der Waals surface area contributed by atoms with Crippen molar-refractivity contribution in [1.29, 1.82) is 0 Å². The fraction of sp³-hybridized carbons (Fsp3) is 0.273. The second-order valence-corrected chi connectivity index (χ2v) is 9.30. The van der Waals surface area contributed by atoms with Crippen LogP contribution in [0.2, 0.25) is 0 Å². The van der Waals surface area contributed by atoms with Crippen molar-refractivity contribution in [2.24, 2.45) is 5.92 Å². The van der Waals surface area contributed by atoms with Crippen LogP contribution in [0, 0.1) is 5.92 Å². The van der Waals surface area contributed by atoms with E-state index in [4.69, 9.17) is 0 Å². The van der Waals surface area contributed by atoms with Gasteiger partial charge in [0.05, 0.1) is 11.4 Å². The molecule has 2 N–H and O–H groups in total. The Morgan fingerprint density at radius 1 is 1.07 bits per heavy atom. The van der Waals surface area contributed by atoms with Gasteiger partial charge in [-0.1, -0.05) is 30.3 Å². The molecule has 4 rings (SSSR count). The maximum absolute atomic E-state index is 12.6. The van der Waals surface area contributed by atoms with Gasteiger partial charge in [0.1, 0.15) is 0 Å². The zero-order chi connectivity index (χ0) is 21.0. The summed E-state index contributed by atoms with van der Waals surface area (Å²) in [4.78, 5) is 12.7. The van der Waals surface area contributed by atoms with Gasteiger partial charge in [0, 0.05) is 31.0 Å². The number of hydrogen-bond acceptors (Lipinski definition) is 4. The van der Waals surface area contributed by atoms with Crippen molar-refractivity contribution in [1.82, 2.24) is 19.8 Å². The van der Waals surface area contributed by atoms with E-state index >= 15 is 0 Å². The minimum Gasteiger partial charge on any atom is -0.348 e. The third kappa shape index (κ3) is 5.34. The summed E-state index contributed by atoms with van der Waals surface area (Å²) in [5.41, 5.74) is 2.36. The van der Waals surface area contributed by atoms with E-state index in [2.05, 4.69) is 15.1 Å². The first-order chi connectivity index (χ1) is 14.5. The standard InChI is InChI=1S/C22H24N4O3S/c27-22(20-6-2-7-21(13-20)30(28,29)25-15-17-8-9-17)23-14-18-4-1-5-19(12-18)16-26-11-3-10-24-26/h1-7,10-13,17,25H,8-9,14-16H2,(H,23,27). The largest absolute Gasteiger partial charge is 0.348 e. The van der Waals surface area contributed by atoms with Crippen LogP contribution in [0.25, 0.3) is 0 Å². The molecule has 1 fully saturated rings. The van der Waals surface area contributed by atoms with Gasteiger partial charge in [0.15, 0.2) is 0 Å². The summed E-state index contributed by atoms with van der Waals surface area (Å²) in [5, 5.41) is 7.07. The van der Waals surface area contributed by atoms with Gasteiger partial charge in [0.25, 0.3) is 5.91 Å². The highest BCUT2D eigenvalue weighted by Crippen LogP contribution is 2.28. The molecule has 0 bridgehead atoms. The van der Waals surface area contributed by atoms with E-state index in [0.29, 0.717) is 31.1 Å². The van der Waals surface area contributed by atoms with E-state index in [1.165, 1.54) is 12.1 Å². The van der Waals surface area contributed by atoms with Crippen molar-refractivity contribution in [3.8, 4) is 0 Å². The second-order valence-electron chi connectivity index (χ2n) is 7.53. The lowest BCUT2D eigenvalue weighted by Crippen LogP contribution is -2.27. The predicted octanol–water partition coefficient (Wildman–Crippen LogP) is 2.55. The summed E-state index contributed by atoms with van der Waals surface area (Å²) < 4.78 is 29.3. The smallest absolute Gasteiger partial charge is 0.251 e. The molecule has 30 heavy (non-hydrogen) atoms. The normalized spacial score (nSPS) is 13.9. The van der Waals surface area contributed by atoms with Gasteiger partial charge < -0.3 is 5.32 Å². The minimum absolute atomic E-state index is 0.108. The first-order valence-electron chi connectivity index (χ1n) is 9.93. The van der Waals surface area contributed by atoms with Crippen molar-refractivity contribution in [2.45, 2.75) is 30.8 Å². The maximum Gasteiger partial charge on any atom is 0.251 e. The number of rotatable bonds is 9. The van der Waals surface area contributed by atoms with Crippen LogP contribution in [0.1, 0.15) is 34.3 Å². The zero-order valence-electron chi connectivity index (χ0n) is 16.5. The Labute approximate surface area is 176 Å². The lowest BCUT2D eigenvalue weighted by molar-refractivity contribution is 0.0950. The molecule has 8 heteroatoms. The SMILES string of the molecule is O=C(NCc1cccc(Cn2cccn2)c1)c1cccc(S(=O)(=O)NCC2CC2)c1. The molecule has 0 unspecified atom stereocenters. The Bertz CT molecular complexity index is 1120. The fourth-order valence-electron chi connectivity index (χ4n) is 3.14. The Morgan fingerprint density at radius 2 is 1.87 bits per heavy atom. The summed E-state index contributed by atoms with van der Waals surface area (Å²) in [5.74, 6) is 0.127. The molecule has 0 radical (unpaired) electrons. The molecular formula is C22H24N4O3S. The van der Waals surface area contributed by atoms with Crippen LogP contribution >= 0.6 is 0 Å². The van der Waals surface area contributed by atoms with Crippen LogP contribution in [0.5, 0.6) is 0 Å². The van der Waals surface area contributed by atoms with Crippen LogP contribution in [0.15, 0.2) is 71.9 Å². The zero-order valence-corrected chi connectivity index (χ0v) is 17.3. The molecule has 1 aromatic heterocycles. The number of benzene rings is 2. The summed E-state index contributed by atoms with van der Waals surface area (Å²) >= 11 is 0. The molecular weight excluding hydrogens is 400 g/mol. The molecule has 1 heterocycles. The lowest BCUT2D eigenvalue weighted by Gasteiger charge is -2.10. The van der Waals surface area contributed by atoms with Crippen molar-refractivity contribution < 1.29 is 13.2 Å². The number of sulfonamides is 1. The topological polar surface area (TPSA) is 93.1 Å². The molecule has 0 spiro atoms. The highest BCUT2D eigenvalue weighted by atomic mass is 32.2. The third-order valence-electron chi connectivity index (χ3n) is 5.01. The fourth-order valence-corrected chi connectivity index (χ4v) is 4.30. The van der Waals surface area contributed by atoms with Crippen LogP contribution < -0.4 is 10.0 Å². The van der Waals surface area contributed by atoms with Gasteiger partial charge in [-0.3, -0.25) is 9.48 Å². The molecule has 1 saturated carbocycles. The first-order valence-corrected chi connectivity index (χ1v) is 11.4. The monoisotopic (exact) mass is 424 g/mol. The first kappa shape index (κ1) is 20.3. The summed E-state index contributed by atoms with van der Waals surface area (Å²) in [6, 6.07) is 15.9. The Kier molecular flexibility index (Phi) is 5.96. The third-order valence-corrected chi connectivity index (χ3v) is 6.43. The molecule has 0 saturated heterocycles. The predicted molar refractivity (Wildman–Crippen MR) is 113 cm³/mol. The second kappa shape index (κ2) is 8.81. The molecule has 2 aromatic carbocycles. The van der Waals surface area contributed by atoms with Crippen molar-refractivity contribution >= 4 is 15.9 Å². The van der Waals surface area contributed by atoms with E-state index in [-0.39, 0.29) is 10.8 Å². The van der Waals surface area contributed by atoms with Crippen LogP contribution in [-0.4, -0.2) is 30.7 Å². The average molecular weight is 425 g/mol. The van der Waals surface area contributed by atoms with Crippen molar-refractivity contribution in [3.63, 3.8) is 0 Å². The Hall–Kier alpha value is -2.97. The van der Waals surface area contributed by atoms with Crippen molar-refractivity contribution in [3.05, 3.63) is 83.7 Å². The van der Waals surface area contributed by atoms with Gasteiger partial charge in [-0.15, -0.1) is 0 Å². The minimum atomic E-state index is -3.61. The number of nitrogens with zero attached hydrogens (tertiary/aromatic N) is 2. The van der Waals surface area contributed by atoms with Crippen molar-refractivity contribution in [2.75, 3.05) is 6.54 Å². The molecule has 156 valence electrons. The van der Waals surface area contributed by atoms with E-state index in [1.807, 2.05) is 41.2 Å². The Balaban J connectivity index is 1.38. The number of carbonyl (C=O) groups excluding carboxylic acids is 1.